The fourth-order valence-electron chi connectivity index (χ4n) is 7.91. The smallest absolute Gasteiger partial charge is 0.263 e. The van der Waals surface area contributed by atoms with Crippen LogP contribution >= 0.6 is 80.7 Å². The lowest BCUT2D eigenvalue weighted by Gasteiger charge is -2.32. The van der Waals surface area contributed by atoms with E-state index in [1.165, 1.54) is 54.3 Å². The molecule has 0 bridgehead atoms. The molecule has 3 aromatic heterocycles. The number of anilines is 4. The average Bonchev–Trinajstić information content (AvgIpc) is 4.04. The van der Waals surface area contributed by atoms with Gasteiger partial charge in [0.05, 0.1) is 21.4 Å². The van der Waals surface area contributed by atoms with Crippen molar-refractivity contribution in [3.8, 4) is 0 Å². The Hall–Kier alpha value is -5.50. The number of aromatic nitrogens is 4. The van der Waals surface area contributed by atoms with Crippen LogP contribution in [0.3, 0.4) is 0 Å². The van der Waals surface area contributed by atoms with Crippen LogP contribution in [-0.2, 0) is 14.1 Å². The third-order valence-electron chi connectivity index (χ3n) is 10.8. The molecule has 322 valence electrons. The van der Waals surface area contributed by atoms with Gasteiger partial charge in [-0.3, -0.25) is 0 Å². The average molecular weight is 982 g/mol. The number of aryl methyl sites for hydroxylation is 2. The molecular formula is C52H42Cl2N6S5+2. The van der Waals surface area contributed by atoms with E-state index in [9.17, 15) is 0 Å². The molecule has 6 nitrogen and oxygen atoms in total. The number of alkyl halides is 2. The standard InChI is InChI=1S/C50H36N6S5.2CH3Cl/c1-53-41-25-13-15-27-43(41)57-45(53)29-33-31-47(55(35-17-5-3-6-18-35)39-23-11-9-21-37(33)39)59-49-51-52-50(61-49)60-48-32-34(30-46-54(2)42-26-14-16-28-44(42)58-46)38-22-10-12-24-40(38)56(48)36-19-7-4-8-20-36;2*1-2/h3-32H,1-2H3;2*1H3/q+2;;. The van der Waals surface area contributed by atoms with Gasteiger partial charge in [-0.05, 0) is 95.4 Å². The fourth-order valence-corrected chi connectivity index (χ4v) is 13.4. The van der Waals surface area contributed by atoms with E-state index in [4.69, 9.17) is 10.2 Å². The summed E-state index contributed by atoms with van der Waals surface area (Å²) in [5.74, 6) is 0. The van der Waals surface area contributed by atoms with Crippen molar-refractivity contribution in [3.63, 3.8) is 0 Å². The van der Waals surface area contributed by atoms with Gasteiger partial charge in [-0.2, -0.15) is 9.13 Å². The van der Waals surface area contributed by atoms with Crippen LogP contribution in [0, 0.1) is 0 Å². The Bertz CT molecular complexity index is 3050. The molecule has 0 aliphatic carbocycles. The van der Waals surface area contributed by atoms with Gasteiger partial charge in [-0.1, -0.05) is 131 Å². The molecule has 0 unspecified atom stereocenters. The van der Waals surface area contributed by atoms with Gasteiger partial charge in [-0.25, -0.2) is 0 Å². The van der Waals surface area contributed by atoms with Crippen LogP contribution in [0.5, 0.6) is 0 Å². The molecule has 5 heterocycles. The summed E-state index contributed by atoms with van der Waals surface area (Å²) in [4.78, 5) is 4.69. The number of hydrogen-bond acceptors (Lipinski definition) is 9. The number of fused-ring (bicyclic) bond motifs is 4. The first-order valence-electron chi connectivity index (χ1n) is 20.5. The second kappa shape index (κ2) is 20.3. The van der Waals surface area contributed by atoms with E-state index in [-0.39, 0.29) is 0 Å². The highest BCUT2D eigenvalue weighted by Gasteiger charge is 2.30. The maximum Gasteiger partial charge on any atom is 0.263 e. The van der Waals surface area contributed by atoms with E-state index in [0.717, 1.165) is 52.6 Å². The minimum Gasteiger partial charge on any atom is -0.304 e. The molecule has 2 aliphatic rings. The Labute approximate surface area is 409 Å². The van der Waals surface area contributed by atoms with Crippen LogP contribution in [0.15, 0.2) is 189 Å². The number of para-hydroxylation sites is 6. The Balaban J connectivity index is 0.00000130. The lowest BCUT2D eigenvalue weighted by molar-refractivity contribution is -0.642. The van der Waals surface area contributed by atoms with E-state index in [0.29, 0.717) is 0 Å². The summed E-state index contributed by atoms with van der Waals surface area (Å²) in [5, 5.41) is 14.2. The maximum absolute atomic E-state index is 4.84. The first kappa shape index (κ1) is 44.7. The Morgan fingerprint density at radius 1 is 0.462 bits per heavy atom. The second-order valence-corrected chi connectivity index (χ2v) is 20.1. The first-order valence-corrected chi connectivity index (χ1v) is 26.1. The topological polar surface area (TPSA) is 40.0 Å². The molecule has 11 rings (SSSR count). The summed E-state index contributed by atoms with van der Waals surface area (Å²) in [5.41, 5.74) is 11.6. The molecule has 0 amide bonds. The van der Waals surface area contributed by atoms with E-state index < -0.39 is 0 Å². The fraction of sp³-hybridized carbons (Fsp3) is 0.0769. The van der Waals surface area contributed by atoms with Crippen molar-refractivity contribution in [2.45, 2.75) is 8.68 Å². The largest absolute Gasteiger partial charge is 0.304 e. The number of halogens is 2. The summed E-state index contributed by atoms with van der Waals surface area (Å²) >= 11 is 17.8. The van der Waals surface area contributed by atoms with Crippen molar-refractivity contribution in [2.75, 3.05) is 22.6 Å². The zero-order valence-electron chi connectivity index (χ0n) is 35.8. The van der Waals surface area contributed by atoms with Crippen LogP contribution in [0.25, 0.3) is 43.7 Å². The number of thioether (sulfide) groups is 2. The van der Waals surface area contributed by atoms with Gasteiger partial charge >= 0.3 is 0 Å². The molecule has 0 spiro atoms. The lowest BCUT2D eigenvalue weighted by Crippen LogP contribution is -2.29. The molecular weight excluding hydrogens is 940 g/mol. The van der Waals surface area contributed by atoms with Crippen LogP contribution in [0.4, 0.5) is 22.7 Å². The minimum atomic E-state index is 0.872. The van der Waals surface area contributed by atoms with Crippen LogP contribution in [0.2, 0.25) is 0 Å². The highest BCUT2D eigenvalue weighted by molar-refractivity contribution is 8.07. The van der Waals surface area contributed by atoms with Crippen LogP contribution in [0.1, 0.15) is 21.1 Å². The monoisotopic (exact) mass is 980 g/mol. The molecule has 0 saturated carbocycles. The van der Waals surface area contributed by atoms with E-state index >= 15 is 0 Å². The summed E-state index contributed by atoms with van der Waals surface area (Å²) in [6, 6.07) is 55.8. The zero-order valence-corrected chi connectivity index (χ0v) is 41.4. The lowest BCUT2D eigenvalue weighted by atomic mass is 9.99. The number of nitrogens with zero attached hydrogens (tertiary/aromatic N) is 6. The summed E-state index contributed by atoms with van der Waals surface area (Å²) in [6.45, 7) is 0. The molecule has 0 atom stereocenters. The van der Waals surface area contributed by atoms with Crippen molar-refractivity contribution >= 4 is 147 Å². The first-order chi connectivity index (χ1) is 32.1. The van der Waals surface area contributed by atoms with E-state index in [2.05, 4.69) is 238 Å². The highest BCUT2D eigenvalue weighted by Crippen LogP contribution is 2.50. The summed E-state index contributed by atoms with van der Waals surface area (Å²) < 4.78 is 8.85. The maximum atomic E-state index is 4.84. The van der Waals surface area contributed by atoms with Gasteiger partial charge < -0.3 is 9.80 Å². The quantitative estimate of drug-likeness (QED) is 0.112. The molecule has 0 fully saturated rings. The summed E-state index contributed by atoms with van der Waals surface area (Å²) in [6.07, 6.45) is 12.2. The van der Waals surface area contributed by atoms with Crippen molar-refractivity contribution in [2.24, 2.45) is 14.1 Å². The van der Waals surface area contributed by atoms with Gasteiger partial charge in [0.25, 0.3) is 10.0 Å². The number of benzene rings is 6. The Kier molecular flexibility index (Phi) is 14.0. The molecule has 6 aromatic carbocycles. The van der Waals surface area contributed by atoms with Crippen molar-refractivity contribution in [1.29, 1.82) is 0 Å². The van der Waals surface area contributed by atoms with Crippen LogP contribution < -0.4 is 18.9 Å². The van der Waals surface area contributed by atoms with Gasteiger partial charge in [0.2, 0.25) is 11.0 Å². The normalized spacial score (nSPS) is 14.3. The Morgan fingerprint density at radius 2 is 0.831 bits per heavy atom. The van der Waals surface area contributed by atoms with Gasteiger partial charge in [0, 0.05) is 59.6 Å². The number of rotatable bonds is 8. The zero-order chi connectivity index (χ0) is 44.9. The molecule has 0 radical (unpaired) electrons. The van der Waals surface area contributed by atoms with Gasteiger partial charge in [0.15, 0.2) is 8.68 Å². The molecule has 2 aliphatic heterocycles. The van der Waals surface area contributed by atoms with Gasteiger partial charge in [-0.15, -0.1) is 33.4 Å². The Morgan fingerprint density at radius 3 is 1.25 bits per heavy atom. The number of hydrogen-bond donors (Lipinski definition) is 0. The van der Waals surface area contributed by atoms with E-state index in [1.54, 1.807) is 34.9 Å². The third-order valence-corrected chi connectivity index (χ3v) is 16.2. The number of allylic oxidation sites excluding steroid dienone is 4. The predicted molar refractivity (Wildman–Crippen MR) is 283 cm³/mol. The van der Waals surface area contributed by atoms with Crippen molar-refractivity contribution in [3.05, 3.63) is 201 Å². The summed E-state index contributed by atoms with van der Waals surface area (Å²) in [7, 11) is 4.30. The molecule has 65 heavy (non-hydrogen) atoms. The van der Waals surface area contributed by atoms with E-state index in [1.807, 2.05) is 22.7 Å². The predicted octanol–water partition coefficient (Wildman–Crippen LogP) is 15.0. The van der Waals surface area contributed by atoms with Gasteiger partial charge in [0.1, 0.15) is 23.5 Å². The molecule has 0 saturated heterocycles. The second-order valence-electron chi connectivity index (χ2n) is 14.5. The molecule has 13 heteroatoms. The third kappa shape index (κ3) is 9.07. The van der Waals surface area contributed by atoms with Crippen molar-refractivity contribution < 1.29 is 9.13 Å². The van der Waals surface area contributed by atoms with Crippen molar-refractivity contribution in [1.82, 2.24) is 10.2 Å². The highest BCUT2D eigenvalue weighted by atomic mass is 35.5. The molecule has 0 N–H and O–H groups in total. The molecule has 9 aromatic rings. The van der Waals surface area contributed by atoms with Crippen LogP contribution in [-0.4, -0.2) is 23.0 Å². The minimum absolute atomic E-state index is 0.872. The SMILES string of the molecule is CCl.CCl.C[n+]1c(/C=C2\C=C(Sc3nnc(SC4=C/C(=C\c5sc6ccccc6[n+]5C)c5ccccc5N4c4ccccc4)s3)N(c3ccccc3)c3ccccc32)sc2ccccc21. The number of thiazole rings is 2.